The van der Waals surface area contributed by atoms with E-state index in [1.54, 1.807) is 12.1 Å². The molecule has 4 heteroatoms. The normalized spacial score (nSPS) is 11.4. The van der Waals surface area contributed by atoms with Crippen LogP contribution in [0.15, 0.2) is 24.3 Å². The zero-order valence-corrected chi connectivity index (χ0v) is 8.36. The van der Waals surface area contributed by atoms with Gasteiger partial charge in [0.25, 0.3) is 5.69 Å². The van der Waals surface area contributed by atoms with Gasteiger partial charge in [0.2, 0.25) is 0 Å². The molecule has 0 amide bonds. The van der Waals surface area contributed by atoms with Gasteiger partial charge in [-0.1, -0.05) is 12.1 Å². The largest absolute Gasteiger partial charge is 0.325 e. The van der Waals surface area contributed by atoms with Crippen LogP contribution in [0.5, 0.6) is 0 Å². The summed E-state index contributed by atoms with van der Waals surface area (Å²) in [5.74, 6) is 0. The van der Waals surface area contributed by atoms with Crippen molar-refractivity contribution in [1.29, 1.82) is 0 Å². The zero-order valence-electron chi connectivity index (χ0n) is 8.36. The van der Waals surface area contributed by atoms with Gasteiger partial charge in [-0.15, -0.1) is 0 Å². The molecular weight excluding hydrogens is 180 g/mol. The van der Waals surface area contributed by atoms with E-state index in [1.165, 1.54) is 12.1 Å². The summed E-state index contributed by atoms with van der Waals surface area (Å²) < 4.78 is 0. The van der Waals surface area contributed by atoms with Gasteiger partial charge in [-0.3, -0.25) is 10.1 Å². The lowest BCUT2D eigenvalue weighted by atomic mass is 9.96. The Hall–Kier alpha value is -1.42. The van der Waals surface area contributed by atoms with Crippen LogP contribution in [-0.4, -0.2) is 10.5 Å². The number of nitrogens with two attached hydrogens (primary N) is 1. The Morgan fingerprint density at radius 3 is 2.21 bits per heavy atom. The highest BCUT2D eigenvalue weighted by molar-refractivity contribution is 5.33. The van der Waals surface area contributed by atoms with E-state index in [2.05, 4.69) is 0 Å². The molecule has 14 heavy (non-hydrogen) atoms. The molecule has 0 fully saturated rings. The second kappa shape index (κ2) is 3.75. The Kier molecular flexibility index (Phi) is 2.86. The first-order valence-corrected chi connectivity index (χ1v) is 4.41. The van der Waals surface area contributed by atoms with Gasteiger partial charge >= 0.3 is 0 Å². The van der Waals surface area contributed by atoms with Crippen LogP contribution in [0.3, 0.4) is 0 Å². The second-order valence-electron chi connectivity index (χ2n) is 4.09. The predicted octanol–water partition coefficient (Wildman–Crippen LogP) is 1.87. The van der Waals surface area contributed by atoms with Gasteiger partial charge in [0.1, 0.15) is 0 Å². The number of nitro groups is 1. The third kappa shape index (κ3) is 3.14. The third-order valence-electron chi connectivity index (χ3n) is 1.81. The molecule has 0 bridgehead atoms. The maximum Gasteiger partial charge on any atom is 0.269 e. The number of nitrogens with zero attached hydrogens (tertiary/aromatic N) is 1. The first-order valence-electron chi connectivity index (χ1n) is 4.41. The minimum Gasteiger partial charge on any atom is -0.325 e. The van der Waals surface area contributed by atoms with Crippen LogP contribution in [0.25, 0.3) is 0 Å². The van der Waals surface area contributed by atoms with Crippen LogP contribution in [0, 0.1) is 10.1 Å². The van der Waals surface area contributed by atoms with Crippen LogP contribution < -0.4 is 5.73 Å². The predicted molar refractivity (Wildman–Crippen MR) is 55.1 cm³/mol. The van der Waals surface area contributed by atoms with Crippen molar-refractivity contribution in [2.45, 2.75) is 25.8 Å². The molecule has 1 aromatic rings. The minimum absolute atomic E-state index is 0.114. The Morgan fingerprint density at radius 1 is 1.36 bits per heavy atom. The summed E-state index contributed by atoms with van der Waals surface area (Å²) in [5, 5.41) is 10.4. The highest BCUT2D eigenvalue weighted by atomic mass is 16.6. The maximum atomic E-state index is 10.4. The number of nitro benzene ring substituents is 1. The highest BCUT2D eigenvalue weighted by Gasteiger charge is 2.12. The topological polar surface area (TPSA) is 69.2 Å². The molecule has 76 valence electrons. The number of hydrogen-bond acceptors (Lipinski definition) is 3. The standard InChI is InChI=1S/C10H14N2O2/c1-10(2,11)7-8-3-5-9(6-4-8)12(13)14/h3-6H,7,11H2,1-2H3. The van der Waals surface area contributed by atoms with Crippen molar-refractivity contribution in [2.24, 2.45) is 5.73 Å². The van der Waals surface area contributed by atoms with E-state index in [1.807, 2.05) is 13.8 Å². The summed E-state index contributed by atoms with van der Waals surface area (Å²) in [5.41, 5.74) is 6.68. The van der Waals surface area contributed by atoms with Crippen LogP contribution >= 0.6 is 0 Å². The monoisotopic (exact) mass is 194 g/mol. The molecule has 2 N–H and O–H groups in total. The van der Waals surface area contributed by atoms with E-state index in [0.29, 0.717) is 6.42 Å². The molecule has 0 saturated heterocycles. The van der Waals surface area contributed by atoms with Gasteiger partial charge in [0, 0.05) is 17.7 Å². The molecule has 1 aromatic carbocycles. The van der Waals surface area contributed by atoms with Crippen molar-refractivity contribution < 1.29 is 4.92 Å². The quantitative estimate of drug-likeness (QED) is 0.590. The molecule has 0 spiro atoms. The van der Waals surface area contributed by atoms with Gasteiger partial charge in [0.05, 0.1) is 4.92 Å². The van der Waals surface area contributed by atoms with Crippen molar-refractivity contribution in [1.82, 2.24) is 0 Å². The molecule has 0 saturated carbocycles. The van der Waals surface area contributed by atoms with E-state index in [4.69, 9.17) is 5.73 Å². The molecule has 4 nitrogen and oxygen atoms in total. The lowest BCUT2D eigenvalue weighted by molar-refractivity contribution is -0.384. The third-order valence-corrected chi connectivity index (χ3v) is 1.81. The zero-order chi connectivity index (χ0) is 10.8. The SMILES string of the molecule is CC(C)(N)Cc1ccc([N+](=O)[O-])cc1. The van der Waals surface area contributed by atoms with Gasteiger partial charge < -0.3 is 5.73 Å². The second-order valence-corrected chi connectivity index (χ2v) is 4.09. The summed E-state index contributed by atoms with van der Waals surface area (Å²) in [6, 6.07) is 6.49. The fourth-order valence-electron chi connectivity index (χ4n) is 1.26. The smallest absolute Gasteiger partial charge is 0.269 e. The molecule has 0 radical (unpaired) electrons. The summed E-state index contributed by atoms with van der Waals surface area (Å²) in [6.07, 6.45) is 0.713. The first kappa shape index (κ1) is 10.7. The van der Waals surface area contributed by atoms with Gasteiger partial charge in [-0.2, -0.15) is 0 Å². The van der Waals surface area contributed by atoms with Gasteiger partial charge in [-0.05, 0) is 25.8 Å². The van der Waals surface area contributed by atoms with Crippen molar-refractivity contribution in [2.75, 3.05) is 0 Å². The molecule has 0 aliphatic carbocycles. The fourth-order valence-corrected chi connectivity index (χ4v) is 1.26. The molecule has 0 aliphatic rings. The van der Waals surface area contributed by atoms with E-state index < -0.39 is 4.92 Å². The molecule has 0 aliphatic heterocycles. The van der Waals surface area contributed by atoms with Gasteiger partial charge in [0.15, 0.2) is 0 Å². The molecule has 0 aromatic heterocycles. The van der Waals surface area contributed by atoms with Crippen LogP contribution in [0.2, 0.25) is 0 Å². The summed E-state index contributed by atoms with van der Waals surface area (Å²) in [7, 11) is 0. The van der Waals surface area contributed by atoms with Crippen LogP contribution in [-0.2, 0) is 6.42 Å². The lowest BCUT2D eigenvalue weighted by Gasteiger charge is -2.17. The molecular formula is C10H14N2O2. The van der Waals surface area contributed by atoms with E-state index in [9.17, 15) is 10.1 Å². The highest BCUT2D eigenvalue weighted by Crippen LogP contribution is 2.15. The Bertz CT molecular complexity index is 325. The van der Waals surface area contributed by atoms with Crippen molar-refractivity contribution in [3.8, 4) is 0 Å². The average Bonchev–Trinajstić information content (AvgIpc) is 2.02. The van der Waals surface area contributed by atoms with Crippen molar-refractivity contribution in [3.63, 3.8) is 0 Å². The Morgan fingerprint density at radius 2 is 1.86 bits per heavy atom. The molecule has 0 heterocycles. The summed E-state index contributed by atoms with van der Waals surface area (Å²) in [4.78, 5) is 9.97. The van der Waals surface area contributed by atoms with Crippen molar-refractivity contribution in [3.05, 3.63) is 39.9 Å². The summed E-state index contributed by atoms with van der Waals surface area (Å²) >= 11 is 0. The minimum atomic E-state index is -0.405. The average molecular weight is 194 g/mol. The molecule has 0 unspecified atom stereocenters. The fraction of sp³-hybridized carbons (Fsp3) is 0.400. The Labute approximate surface area is 82.9 Å². The van der Waals surface area contributed by atoms with Crippen LogP contribution in [0.4, 0.5) is 5.69 Å². The summed E-state index contributed by atoms with van der Waals surface area (Å²) in [6.45, 7) is 3.85. The number of benzene rings is 1. The lowest BCUT2D eigenvalue weighted by Crippen LogP contribution is -2.34. The van der Waals surface area contributed by atoms with E-state index in [-0.39, 0.29) is 11.2 Å². The van der Waals surface area contributed by atoms with Crippen LogP contribution in [0.1, 0.15) is 19.4 Å². The molecule has 1 rings (SSSR count). The number of hydrogen-bond donors (Lipinski definition) is 1. The maximum absolute atomic E-state index is 10.4. The van der Waals surface area contributed by atoms with Gasteiger partial charge in [-0.25, -0.2) is 0 Å². The number of non-ortho nitro benzene ring substituents is 1. The van der Waals surface area contributed by atoms with E-state index >= 15 is 0 Å². The molecule has 0 atom stereocenters. The van der Waals surface area contributed by atoms with Crippen molar-refractivity contribution >= 4 is 5.69 Å². The van der Waals surface area contributed by atoms with E-state index in [0.717, 1.165) is 5.56 Å². The number of rotatable bonds is 3. The first-order chi connectivity index (χ1) is 6.38. The Balaban J connectivity index is 2.79.